The fraction of sp³-hybridized carbons (Fsp3) is 0.412. The fourth-order valence-corrected chi connectivity index (χ4v) is 2.16. The van der Waals surface area contributed by atoms with E-state index in [-0.39, 0.29) is 11.3 Å². The number of amides is 1. The Morgan fingerprint density at radius 3 is 2.27 bits per heavy atom. The van der Waals surface area contributed by atoms with Crippen LogP contribution in [0, 0.1) is 12.3 Å². The van der Waals surface area contributed by atoms with Gasteiger partial charge in [-0.15, -0.1) is 0 Å². The first-order chi connectivity index (χ1) is 10.3. The average molecular weight is 302 g/mol. The SMILES string of the molecule is COc1cc(/C=C2/N=C(C(C)(C)C)NC2=O)c(OC)cc1C. The molecule has 1 aliphatic rings. The average Bonchev–Trinajstić information content (AvgIpc) is 2.81. The molecule has 1 aromatic carbocycles. The van der Waals surface area contributed by atoms with Crippen LogP contribution in [0.5, 0.6) is 11.5 Å². The Kier molecular flexibility index (Phi) is 4.26. The van der Waals surface area contributed by atoms with Gasteiger partial charge in [-0.2, -0.15) is 0 Å². The third-order valence-corrected chi connectivity index (χ3v) is 3.45. The fourth-order valence-electron chi connectivity index (χ4n) is 2.16. The minimum absolute atomic E-state index is 0.202. The molecule has 1 N–H and O–H groups in total. The number of ether oxygens (including phenoxy) is 2. The van der Waals surface area contributed by atoms with E-state index in [2.05, 4.69) is 10.3 Å². The first-order valence-corrected chi connectivity index (χ1v) is 7.11. The highest BCUT2D eigenvalue weighted by atomic mass is 16.5. The van der Waals surface area contributed by atoms with Gasteiger partial charge in [0.1, 0.15) is 23.0 Å². The van der Waals surface area contributed by atoms with Gasteiger partial charge in [-0.05, 0) is 30.7 Å². The van der Waals surface area contributed by atoms with Crippen LogP contribution in [0.3, 0.4) is 0 Å². The Bertz CT molecular complexity index is 667. The van der Waals surface area contributed by atoms with Gasteiger partial charge in [0.05, 0.1) is 14.2 Å². The quantitative estimate of drug-likeness (QED) is 0.873. The molecule has 1 aromatic rings. The number of hydrogen-bond acceptors (Lipinski definition) is 4. The number of aliphatic imine (C=N–C) groups is 1. The zero-order valence-electron chi connectivity index (χ0n) is 13.9. The first kappa shape index (κ1) is 16.1. The molecule has 0 unspecified atom stereocenters. The highest BCUT2D eigenvalue weighted by Gasteiger charge is 2.28. The Hall–Kier alpha value is -2.30. The van der Waals surface area contributed by atoms with E-state index in [0.29, 0.717) is 17.3 Å². The van der Waals surface area contributed by atoms with Gasteiger partial charge in [0.2, 0.25) is 0 Å². The standard InChI is InChI=1S/C17H22N2O3/c1-10-7-14(22-6)11(9-13(10)21-5)8-12-15(20)19-16(18-12)17(2,3)4/h7-9H,1-6H3,(H,18,19,20)/b12-8+. The Balaban J connectivity index is 2.49. The molecule has 0 aromatic heterocycles. The van der Waals surface area contributed by atoms with Crippen molar-refractivity contribution in [2.75, 3.05) is 14.2 Å². The number of benzene rings is 1. The van der Waals surface area contributed by atoms with Crippen molar-refractivity contribution in [3.8, 4) is 11.5 Å². The van der Waals surface area contributed by atoms with Crippen LogP contribution < -0.4 is 14.8 Å². The summed E-state index contributed by atoms with van der Waals surface area (Å²) in [5.41, 5.74) is 1.89. The van der Waals surface area contributed by atoms with Crippen molar-refractivity contribution in [2.24, 2.45) is 10.4 Å². The molecule has 0 radical (unpaired) electrons. The molecule has 118 valence electrons. The van der Waals surface area contributed by atoms with Gasteiger partial charge in [-0.25, -0.2) is 4.99 Å². The summed E-state index contributed by atoms with van der Waals surface area (Å²) in [6.07, 6.45) is 1.72. The summed E-state index contributed by atoms with van der Waals surface area (Å²) in [6.45, 7) is 7.95. The number of rotatable bonds is 3. The molecule has 5 heteroatoms. The lowest BCUT2D eigenvalue weighted by molar-refractivity contribution is -0.115. The molecular formula is C17H22N2O3. The van der Waals surface area contributed by atoms with Crippen molar-refractivity contribution in [2.45, 2.75) is 27.7 Å². The lowest BCUT2D eigenvalue weighted by atomic mass is 9.95. The lowest BCUT2D eigenvalue weighted by Gasteiger charge is -2.16. The summed E-state index contributed by atoms with van der Waals surface area (Å²) in [6, 6.07) is 3.73. The number of methoxy groups -OCH3 is 2. The number of hydrogen-bond donors (Lipinski definition) is 1. The van der Waals surface area contributed by atoms with Gasteiger partial charge in [0.15, 0.2) is 0 Å². The van der Waals surface area contributed by atoms with Crippen LogP contribution in [0.25, 0.3) is 6.08 Å². The van der Waals surface area contributed by atoms with Crippen molar-refractivity contribution in [3.05, 3.63) is 29.0 Å². The summed E-state index contributed by atoms with van der Waals surface area (Å²) >= 11 is 0. The zero-order chi connectivity index (χ0) is 16.5. The smallest absolute Gasteiger partial charge is 0.275 e. The van der Waals surface area contributed by atoms with E-state index in [9.17, 15) is 4.79 Å². The number of nitrogens with one attached hydrogen (secondary N) is 1. The number of nitrogens with zero attached hydrogens (tertiary/aromatic N) is 1. The second-order valence-electron chi connectivity index (χ2n) is 6.26. The predicted molar refractivity (Wildman–Crippen MR) is 87.3 cm³/mol. The van der Waals surface area contributed by atoms with Crippen molar-refractivity contribution >= 4 is 17.8 Å². The first-order valence-electron chi connectivity index (χ1n) is 7.11. The van der Waals surface area contributed by atoms with Crippen molar-refractivity contribution in [1.82, 2.24) is 5.32 Å². The van der Waals surface area contributed by atoms with Crippen molar-refractivity contribution in [1.29, 1.82) is 0 Å². The van der Waals surface area contributed by atoms with Gasteiger partial charge >= 0.3 is 0 Å². The topological polar surface area (TPSA) is 59.9 Å². The van der Waals surface area contributed by atoms with Crippen molar-refractivity contribution in [3.63, 3.8) is 0 Å². The third-order valence-electron chi connectivity index (χ3n) is 3.45. The van der Waals surface area contributed by atoms with Gasteiger partial charge in [-0.3, -0.25) is 4.79 Å². The number of aryl methyl sites for hydroxylation is 1. The Morgan fingerprint density at radius 1 is 1.14 bits per heavy atom. The highest BCUT2D eigenvalue weighted by molar-refractivity contribution is 6.15. The molecule has 2 rings (SSSR count). The molecule has 0 atom stereocenters. The molecule has 22 heavy (non-hydrogen) atoms. The van der Waals surface area contributed by atoms with Gasteiger partial charge in [0, 0.05) is 11.0 Å². The summed E-state index contributed by atoms with van der Waals surface area (Å²) < 4.78 is 10.7. The minimum atomic E-state index is -0.208. The van der Waals surface area contributed by atoms with Crippen LogP contribution in [0.15, 0.2) is 22.8 Å². The molecule has 1 amide bonds. The largest absolute Gasteiger partial charge is 0.496 e. The van der Waals surface area contributed by atoms with Crippen LogP contribution in [0.4, 0.5) is 0 Å². The number of carbonyl (C=O) groups is 1. The normalized spacial score (nSPS) is 16.5. The molecule has 0 fully saturated rings. The summed E-state index contributed by atoms with van der Waals surface area (Å²) in [5, 5.41) is 2.81. The van der Waals surface area contributed by atoms with E-state index in [4.69, 9.17) is 9.47 Å². The Morgan fingerprint density at radius 2 is 1.77 bits per heavy atom. The third kappa shape index (κ3) is 3.13. The number of amidine groups is 1. The Labute approximate surface area is 131 Å². The van der Waals surface area contributed by atoms with Crippen molar-refractivity contribution < 1.29 is 14.3 Å². The van der Waals surface area contributed by atoms with Crippen LogP contribution in [-0.4, -0.2) is 26.0 Å². The van der Waals surface area contributed by atoms with E-state index < -0.39 is 0 Å². The maximum Gasteiger partial charge on any atom is 0.275 e. The molecule has 0 aliphatic carbocycles. The number of carbonyl (C=O) groups excluding carboxylic acids is 1. The molecule has 0 saturated carbocycles. The molecule has 0 spiro atoms. The second kappa shape index (κ2) is 5.83. The summed E-state index contributed by atoms with van der Waals surface area (Å²) in [4.78, 5) is 16.5. The molecule has 0 saturated heterocycles. The summed E-state index contributed by atoms with van der Waals surface area (Å²) in [5.74, 6) is 1.89. The van der Waals surface area contributed by atoms with Crippen LogP contribution in [-0.2, 0) is 4.79 Å². The minimum Gasteiger partial charge on any atom is -0.496 e. The van der Waals surface area contributed by atoms with Crippen LogP contribution in [0.1, 0.15) is 31.9 Å². The lowest BCUT2D eigenvalue weighted by Crippen LogP contribution is -2.34. The second-order valence-corrected chi connectivity index (χ2v) is 6.26. The van der Waals surface area contributed by atoms with E-state index in [0.717, 1.165) is 16.9 Å². The molecule has 0 bridgehead atoms. The molecule has 5 nitrogen and oxygen atoms in total. The van der Waals surface area contributed by atoms with E-state index in [1.54, 1.807) is 20.3 Å². The van der Waals surface area contributed by atoms with E-state index in [1.807, 2.05) is 39.8 Å². The van der Waals surface area contributed by atoms with Gasteiger partial charge in [-0.1, -0.05) is 20.8 Å². The van der Waals surface area contributed by atoms with Gasteiger partial charge < -0.3 is 14.8 Å². The van der Waals surface area contributed by atoms with Gasteiger partial charge in [0.25, 0.3) is 5.91 Å². The molecule has 1 heterocycles. The van der Waals surface area contributed by atoms with E-state index >= 15 is 0 Å². The van der Waals surface area contributed by atoms with Crippen LogP contribution >= 0.6 is 0 Å². The molecular weight excluding hydrogens is 280 g/mol. The monoisotopic (exact) mass is 302 g/mol. The van der Waals surface area contributed by atoms with E-state index in [1.165, 1.54) is 0 Å². The molecule has 1 aliphatic heterocycles. The maximum absolute atomic E-state index is 12.1. The summed E-state index contributed by atoms with van der Waals surface area (Å²) in [7, 11) is 3.21. The highest BCUT2D eigenvalue weighted by Crippen LogP contribution is 2.31. The predicted octanol–water partition coefficient (Wildman–Crippen LogP) is 2.93. The maximum atomic E-state index is 12.1. The zero-order valence-corrected chi connectivity index (χ0v) is 13.9. The van der Waals surface area contributed by atoms with Crippen LogP contribution in [0.2, 0.25) is 0 Å².